The number of aromatic nitrogens is 4. The van der Waals surface area contributed by atoms with Crippen LogP contribution < -0.4 is 21.0 Å². The molecule has 4 N–H and O–H groups in total. The van der Waals surface area contributed by atoms with Gasteiger partial charge in [0.1, 0.15) is 6.61 Å². The minimum atomic E-state index is -2.08. The number of nitrogens with zero attached hydrogens (tertiary/aromatic N) is 5. The van der Waals surface area contributed by atoms with Crippen LogP contribution in [0.3, 0.4) is 0 Å². The first kappa shape index (κ1) is 29.3. The molecule has 4 heterocycles. The van der Waals surface area contributed by atoms with Gasteiger partial charge < -0.3 is 35.2 Å². The molecular formula is C28H33Cl2N7O4. The van der Waals surface area contributed by atoms with Gasteiger partial charge in [-0.1, -0.05) is 29.3 Å². The van der Waals surface area contributed by atoms with Crippen LogP contribution in [0.25, 0.3) is 22.2 Å². The molecule has 0 saturated carbocycles. The van der Waals surface area contributed by atoms with Crippen LogP contribution in [0.5, 0.6) is 0 Å². The van der Waals surface area contributed by atoms with Gasteiger partial charge in [-0.2, -0.15) is 4.98 Å². The van der Waals surface area contributed by atoms with Crippen molar-refractivity contribution in [1.82, 2.24) is 29.5 Å². The molecular weight excluding hydrogens is 569 g/mol. The molecule has 1 saturated heterocycles. The lowest BCUT2D eigenvalue weighted by Gasteiger charge is -2.24. The quantitative estimate of drug-likeness (QED) is 0.151. The highest BCUT2D eigenvalue weighted by Crippen LogP contribution is 2.34. The number of aliphatic hydroxyl groups is 2. The Morgan fingerprint density at radius 2 is 1.90 bits per heavy atom. The van der Waals surface area contributed by atoms with Crippen molar-refractivity contribution < 1.29 is 15.1 Å². The lowest BCUT2D eigenvalue weighted by molar-refractivity contribution is -0.211. The van der Waals surface area contributed by atoms with Gasteiger partial charge in [-0.25, -0.2) is 4.98 Å². The van der Waals surface area contributed by atoms with Crippen molar-refractivity contribution in [2.45, 2.75) is 32.1 Å². The zero-order valence-corrected chi connectivity index (χ0v) is 24.4. The Bertz CT molecular complexity index is 1580. The zero-order chi connectivity index (χ0) is 29.1. The Hall–Kier alpha value is -3.19. The Morgan fingerprint density at radius 1 is 1.17 bits per heavy atom. The number of likely N-dealkylation sites (tertiary alicyclic amines) is 1. The predicted octanol–water partition coefficient (Wildman–Crippen LogP) is 3.16. The monoisotopic (exact) mass is 601 g/mol. The third-order valence-corrected chi connectivity index (χ3v) is 7.62. The molecule has 1 atom stereocenters. The molecule has 0 amide bonds. The number of pyridine rings is 1. The van der Waals surface area contributed by atoms with Crippen molar-refractivity contribution in [3.8, 4) is 11.1 Å². The number of fused-ring (bicyclic) bond motifs is 1. The predicted molar refractivity (Wildman–Crippen MR) is 160 cm³/mol. The summed E-state index contributed by atoms with van der Waals surface area (Å²) in [4.78, 5) is 30.6. The molecule has 41 heavy (non-hydrogen) atoms. The van der Waals surface area contributed by atoms with E-state index in [-0.39, 0.29) is 27.2 Å². The van der Waals surface area contributed by atoms with E-state index in [0.29, 0.717) is 17.5 Å². The molecule has 1 fully saturated rings. The number of anilines is 2. The van der Waals surface area contributed by atoms with Crippen LogP contribution in [-0.2, 0) is 13.6 Å². The molecule has 3 aromatic heterocycles. The highest BCUT2D eigenvalue weighted by Gasteiger charge is 2.26. The first-order chi connectivity index (χ1) is 19.6. The number of hydrogen-bond acceptors (Lipinski definition) is 9. The summed E-state index contributed by atoms with van der Waals surface area (Å²) in [6.45, 7) is 5.48. The Morgan fingerprint density at radius 3 is 2.61 bits per heavy atom. The van der Waals surface area contributed by atoms with Gasteiger partial charge >= 0.3 is 0 Å². The highest BCUT2D eigenvalue weighted by molar-refractivity contribution is 6.39. The normalized spacial score (nSPS) is 15.4. The topological polar surface area (TPSA) is 130 Å². The second kappa shape index (κ2) is 12.4. The molecule has 1 aliphatic heterocycles. The van der Waals surface area contributed by atoms with Crippen LogP contribution in [0, 0.1) is 0 Å². The molecule has 1 aliphatic rings. The Balaban J connectivity index is 1.43. The van der Waals surface area contributed by atoms with Crippen LogP contribution >= 0.6 is 23.2 Å². The van der Waals surface area contributed by atoms with Crippen LogP contribution in [0.2, 0.25) is 10.0 Å². The van der Waals surface area contributed by atoms with E-state index in [9.17, 15) is 15.0 Å². The molecule has 1 aromatic carbocycles. The number of halogens is 2. The molecule has 11 nitrogen and oxygen atoms in total. The smallest absolute Gasteiger partial charge is 0.293 e. The summed E-state index contributed by atoms with van der Waals surface area (Å²) in [5, 5.41) is 27.7. The second-order valence-electron chi connectivity index (χ2n) is 10.3. The number of nitrogens with one attached hydrogen (secondary N) is 2. The summed E-state index contributed by atoms with van der Waals surface area (Å²) in [5.41, 5.74) is 1.67. The standard InChI is InChI=1S/C28H33Cl2N7O4/c1-28(40,17-38)41-37-25-18(12-21(26(37)39)24-22(29)6-5-7-23(24)30)14-32-27(34-25)33-19-13-20(35(2)16-19)15-31-8-11-36-9-3-4-10-36/h5-7,12-14,16,31,38,40H,3-4,8-11,15,17H2,1-2H3,(H,32,33,34)/t28-/m1/s1. The molecule has 0 bridgehead atoms. The maximum atomic E-state index is 13.6. The number of aliphatic hydroxyl groups excluding tert-OH is 1. The van der Waals surface area contributed by atoms with E-state index in [4.69, 9.17) is 28.0 Å². The fourth-order valence-electron chi connectivity index (χ4n) is 4.82. The van der Waals surface area contributed by atoms with Gasteiger partial charge in [0, 0.05) is 62.6 Å². The maximum absolute atomic E-state index is 13.6. The molecule has 4 aromatic rings. The Kier molecular flexibility index (Phi) is 8.83. The summed E-state index contributed by atoms with van der Waals surface area (Å²) >= 11 is 12.8. The van der Waals surface area contributed by atoms with Gasteiger partial charge in [0.2, 0.25) is 5.95 Å². The molecule has 0 aliphatic carbocycles. The van der Waals surface area contributed by atoms with E-state index < -0.39 is 18.0 Å². The number of aryl methyl sites for hydroxylation is 1. The number of benzene rings is 1. The van der Waals surface area contributed by atoms with Crippen molar-refractivity contribution in [3.63, 3.8) is 0 Å². The zero-order valence-electron chi connectivity index (χ0n) is 22.9. The van der Waals surface area contributed by atoms with Gasteiger partial charge in [-0.05, 0) is 50.2 Å². The van der Waals surface area contributed by atoms with E-state index in [1.165, 1.54) is 39.1 Å². The molecule has 0 radical (unpaired) electrons. The Labute approximate surface area is 247 Å². The minimum absolute atomic E-state index is 0.0767. The SMILES string of the molecule is Cn1cc(Nc2ncc3cc(-c4c(Cl)cccc4Cl)c(=O)n(O[C@@](C)(O)CO)c3n2)cc1CNCCN1CCCC1. The first-order valence-electron chi connectivity index (χ1n) is 13.4. The van der Waals surface area contributed by atoms with Gasteiger partial charge in [-0.15, -0.1) is 4.73 Å². The van der Waals surface area contributed by atoms with Gasteiger partial charge in [0.25, 0.3) is 11.3 Å². The van der Waals surface area contributed by atoms with Crippen LogP contribution in [0.15, 0.2) is 47.5 Å². The highest BCUT2D eigenvalue weighted by atomic mass is 35.5. The molecule has 5 rings (SSSR count). The molecule has 0 unspecified atom stereocenters. The number of hydrogen-bond donors (Lipinski definition) is 4. The third-order valence-electron chi connectivity index (χ3n) is 6.99. The summed E-state index contributed by atoms with van der Waals surface area (Å²) in [7, 11) is 1.97. The van der Waals surface area contributed by atoms with Crippen molar-refractivity contribution >= 4 is 45.9 Å². The maximum Gasteiger partial charge on any atom is 0.293 e. The van der Waals surface area contributed by atoms with Crippen molar-refractivity contribution in [3.05, 3.63) is 68.8 Å². The summed E-state index contributed by atoms with van der Waals surface area (Å²) in [6, 6.07) is 8.46. The van der Waals surface area contributed by atoms with Crippen LogP contribution in [0.4, 0.5) is 11.6 Å². The molecule has 0 spiro atoms. The first-order valence-corrected chi connectivity index (χ1v) is 14.2. The van der Waals surface area contributed by atoms with E-state index in [0.717, 1.165) is 29.2 Å². The van der Waals surface area contributed by atoms with E-state index in [1.54, 1.807) is 24.3 Å². The third kappa shape index (κ3) is 6.66. The van der Waals surface area contributed by atoms with E-state index in [1.807, 2.05) is 23.9 Å². The number of rotatable bonds is 11. The van der Waals surface area contributed by atoms with Gasteiger partial charge in [-0.3, -0.25) is 4.79 Å². The van der Waals surface area contributed by atoms with Crippen LogP contribution in [0.1, 0.15) is 25.5 Å². The van der Waals surface area contributed by atoms with E-state index >= 15 is 0 Å². The lowest BCUT2D eigenvalue weighted by Crippen LogP contribution is -2.45. The van der Waals surface area contributed by atoms with Gasteiger partial charge in [0.05, 0.1) is 21.3 Å². The molecule has 13 heteroatoms. The van der Waals surface area contributed by atoms with Crippen LogP contribution in [-0.4, -0.2) is 73.0 Å². The molecule has 218 valence electrons. The average Bonchev–Trinajstić information content (AvgIpc) is 3.58. The van der Waals surface area contributed by atoms with Gasteiger partial charge in [0.15, 0.2) is 5.65 Å². The largest absolute Gasteiger partial charge is 0.389 e. The fourth-order valence-corrected chi connectivity index (χ4v) is 5.42. The average molecular weight is 603 g/mol. The fraction of sp³-hybridized carbons (Fsp3) is 0.393. The second-order valence-corrected chi connectivity index (χ2v) is 11.1. The summed E-state index contributed by atoms with van der Waals surface area (Å²) < 4.78 is 2.84. The summed E-state index contributed by atoms with van der Waals surface area (Å²) in [6.07, 6.45) is 6.01. The van der Waals surface area contributed by atoms with E-state index in [2.05, 4.69) is 25.5 Å². The lowest BCUT2D eigenvalue weighted by atomic mass is 10.1. The van der Waals surface area contributed by atoms with Crippen molar-refractivity contribution in [1.29, 1.82) is 0 Å². The minimum Gasteiger partial charge on any atom is -0.389 e. The van der Waals surface area contributed by atoms with Crippen molar-refractivity contribution in [2.75, 3.05) is 38.1 Å². The summed E-state index contributed by atoms with van der Waals surface area (Å²) in [5.74, 6) is -1.87. The van der Waals surface area contributed by atoms with Crippen molar-refractivity contribution in [2.24, 2.45) is 7.05 Å².